The number of hydrogen-bond donors (Lipinski definition) is 3. The molecule has 21 heavy (non-hydrogen) atoms. The van der Waals surface area contributed by atoms with Crippen LogP contribution in [-0.2, 0) is 20.0 Å². The normalized spacial score (nSPS) is 12.3. The van der Waals surface area contributed by atoms with Gasteiger partial charge in [-0.25, -0.2) is 26.7 Å². The second-order valence-corrected chi connectivity index (χ2v) is 8.44. The molecule has 1 aromatic rings. The van der Waals surface area contributed by atoms with Gasteiger partial charge in [0.25, 0.3) is 0 Å². The summed E-state index contributed by atoms with van der Waals surface area (Å²) < 4.78 is 47.8. The predicted octanol–water partition coefficient (Wildman–Crippen LogP) is -0.0689. The zero-order chi connectivity index (χ0) is 16.3. The number of rotatable bonds is 7. The van der Waals surface area contributed by atoms with Gasteiger partial charge in [0.2, 0.25) is 20.0 Å². The molecule has 0 aromatic heterocycles. The molecule has 5 N–H and O–H groups in total. The topological polar surface area (TPSA) is 132 Å². The molecular weight excluding hydrogens is 358 g/mol. The van der Waals surface area contributed by atoms with Gasteiger partial charge in [-0.1, -0.05) is 29.9 Å². The smallest absolute Gasteiger partial charge is 0.242 e. The summed E-state index contributed by atoms with van der Waals surface area (Å²) in [6, 6.07) is 4.06. The lowest BCUT2D eigenvalue weighted by molar-refractivity contribution is 0.576. The first-order valence-corrected chi connectivity index (χ1v) is 9.61. The third-order valence-electron chi connectivity index (χ3n) is 2.40. The molecule has 0 saturated heterocycles. The molecule has 0 spiro atoms. The maximum atomic E-state index is 12.0. The molecule has 0 atom stereocenters. The highest BCUT2D eigenvalue weighted by Gasteiger charge is 2.18. The maximum Gasteiger partial charge on any atom is 0.242 e. The van der Waals surface area contributed by atoms with Crippen LogP contribution < -0.4 is 15.6 Å². The number of primary sulfonamides is 1. The molecule has 7 nitrogen and oxygen atoms in total. The molecule has 0 aliphatic carbocycles. The highest BCUT2D eigenvalue weighted by Crippen LogP contribution is 2.22. The molecule has 0 aliphatic rings. The Morgan fingerprint density at radius 2 is 1.90 bits per heavy atom. The second-order valence-electron chi connectivity index (χ2n) is 4.13. The van der Waals surface area contributed by atoms with E-state index in [1.54, 1.807) is 0 Å². The van der Waals surface area contributed by atoms with Gasteiger partial charge in [-0.3, -0.25) is 0 Å². The Labute approximate surface area is 133 Å². The Morgan fingerprint density at radius 3 is 2.38 bits per heavy atom. The van der Waals surface area contributed by atoms with Crippen LogP contribution in [0.5, 0.6) is 0 Å². The molecule has 0 unspecified atom stereocenters. The number of nitrogens with two attached hydrogens (primary N) is 2. The van der Waals surface area contributed by atoms with Crippen LogP contribution >= 0.6 is 23.8 Å². The number of benzene rings is 1. The predicted molar refractivity (Wildman–Crippen MR) is 85.1 cm³/mol. The van der Waals surface area contributed by atoms with E-state index in [4.69, 9.17) is 34.7 Å². The first kappa shape index (κ1) is 18.3. The Morgan fingerprint density at radius 1 is 1.29 bits per heavy atom. The minimum atomic E-state index is -3.85. The van der Waals surface area contributed by atoms with E-state index in [-0.39, 0.29) is 33.6 Å². The van der Waals surface area contributed by atoms with Crippen molar-refractivity contribution in [1.82, 2.24) is 4.72 Å². The van der Waals surface area contributed by atoms with Crippen LogP contribution in [0, 0.1) is 0 Å². The van der Waals surface area contributed by atoms with Gasteiger partial charge in [0.05, 0.1) is 10.8 Å². The van der Waals surface area contributed by atoms with Gasteiger partial charge in [-0.2, -0.15) is 0 Å². The van der Waals surface area contributed by atoms with E-state index in [1.165, 1.54) is 18.2 Å². The van der Waals surface area contributed by atoms with E-state index in [0.29, 0.717) is 5.56 Å². The van der Waals surface area contributed by atoms with E-state index in [2.05, 4.69) is 4.72 Å². The summed E-state index contributed by atoms with van der Waals surface area (Å²) in [5.74, 6) is -0.316. The molecule has 0 amide bonds. The largest absolute Gasteiger partial charge is 0.389 e. The van der Waals surface area contributed by atoms with Crippen molar-refractivity contribution in [1.29, 1.82) is 0 Å². The maximum absolute atomic E-state index is 12.0. The van der Waals surface area contributed by atoms with E-state index in [9.17, 15) is 16.8 Å². The van der Waals surface area contributed by atoms with Crippen molar-refractivity contribution >= 4 is 48.9 Å². The summed E-state index contributed by atoms with van der Waals surface area (Å²) >= 11 is 10.7. The van der Waals surface area contributed by atoms with Crippen LogP contribution in [0.25, 0.3) is 0 Å². The molecule has 11 heteroatoms. The average molecular weight is 372 g/mol. The fraction of sp³-hybridized carbons (Fsp3) is 0.300. The fourth-order valence-corrected chi connectivity index (χ4v) is 3.72. The van der Waals surface area contributed by atoms with E-state index < -0.39 is 20.0 Å². The molecule has 1 rings (SSSR count). The molecule has 0 heterocycles. The van der Waals surface area contributed by atoms with Crippen molar-refractivity contribution in [3.8, 4) is 0 Å². The van der Waals surface area contributed by atoms with Crippen molar-refractivity contribution in [3.63, 3.8) is 0 Å². The van der Waals surface area contributed by atoms with E-state index >= 15 is 0 Å². The summed E-state index contributed by atoms with van der Waals surface area (Å²) in [5, 5.41) is 4.79. The fourth-order valence-electron chi connectivity index (χ4n) is 1.43. The molecule has 0 radical (unpaired) electrons. The quantitative estimate of drug-likeness (QED) is 0.454. The third kappa shape index (κ3) is 5.85. The van der Waals surface area contributed by atoms with Crippen molar-refractivity contribution in [3.05, 3.63) is 28.8 Å². The number of hydrogen-bond acceptors (Lipinski definition) is 5. The summed E-state index contributed by atoms with van der Waals surface area (Å²) in [7, 11) is -7.47. The molecule has 0 fully saturated rings. The lowest BCUT2D eigenvalue weighted by Gasteiger charge is -2.09. The zero-order valence-electron chi connectivity index (χ0n) is 10.7. The first-order chi connectivity index (χ1) is 9.53. The number of thiocarbonyl (C=S) groups is 1. The minimum absolute atomic E-state index is 0.0285. The number of halogens is 1. The highest BCUT2D eigenvalue weighted by molar-refractivity contribution is 7.89. The molecule has 1 aromatic carbocycles. The monoisotopic (exact) mass is 371 g/mol. The van der Waals surface area contributed by atoms with Crippen molar-refractivity contribution in [2.45, 2.75) is 11.3 Å². The van der Waals surface area contributed by atoms with Crippen molar-refractivity contribution in [2.75, 3.05) is 12.3 Å². The summed E-state index contributed by atoms with van der Waals surface area (Å²) in [6.07, 6.45) is 0.0562. The van der Waals surface area contributed by atoms with E-state index in [0.717, 1.165) is 0 Å². The Bertz CT molecular complexity index is 747. The van der Waals surface area contributed by atoms with E-state index in [1.807, 2.05) is 0 Å². The zero-order valence-corrected chi connectivity index (χ0v) is 13.9. The van der Waals surface area contributed by atoms with Crippen LogP contribution in [0.1, 0.15) is 12.0 Å². The van der Waals surface area contributed by atoms with Gasteiger partial charge in [0.15, 0.2) is 0 Å². The Hall–Kier alpha value is -0.780. The summed E-state index contributed by atoms with van der Waals surface area (Å²) in [4.78, 5) is -0.0401. The lowest BCUT2D eigenvalue weighted by atomic mass is 10.2. The Balaban J connectivity index is 2.81. The molecule has 0 saturated carbocycles. The molecule has 0 bridgehead atoms. The van der Waals surface area contributed by atoms with Crippen molar-refractivity contribution in [2.24, 2.45) is 10.9 Å². The van der Waals surface area contributed by atoms with Crippen LogP contribution in [0.3, 0.4) is 0 Å². The SMILES string of the molecule is NC(=S)c1ccc(S(=O)(=O)NCCCS(N)(=O)=O)c(Cl)c1. The standard InChI is InChI=1S/C10H14ClN3O4S3/c11-8-6-7(10(12)19)2-3-9(8)21(17,18)14-4-1-5-20(13,15)16/h2-3,6,14H,1,4-5H2,(H2,12,19)(H2,13,15,16). The van der Waals surface area contributed by atoms with Crippen molar-refractivity contribution < 1.29 is 16.8 Å². The summed E-state index contributed by atoms with van der Waals surface area (Å²) in [5.41, 5.74) is 5.87. The first-order valence-electron chi connectivity index (χ1n) is 5.62. The van der Waals surface area contributed by atoms with Crippen LogP contribution in [0.15, 0.2) is 23.1 Å². The summed E-state index contributed by atoms with van der Waals surface area (Å²) in [6.45, 7) is -0.0772. The van der Waals surface area contributed by atoms with Gasteiger partial charge in [-0.15, -0.1) is 0 Å². The second kappa shape index (κ2) is 6.99. The van der Waals surface area contributed by atoms with Gasteiger partial charge >= 0.3 is 0 Å². The number of nitrogens with one attached hydrogen (secondary N) is 1. The lowest BCUT2D eigenvalue weighted by Crippen LogP contribution is -2.27. The van der Waals surface area contributed by atoms with Crippen LogP contribution in [-0.4, -0.2) is 34.1 Å². The minimum Gasteiger partial charge on any atom is -0.389 e. The molecular formula is C10H14ClN3O4S3. The van der Waals surface area contributed by atoms with Gasteiger partial charge in [0.1, 0.15) is 9.88 Å². The highest BCUT2D eigenvalue weighted by atomic mass is 35.5. The van der Waals surface area contributed by atoms with Gasteiger partial charge < -0.3 is 5.73 Å². The Kier molecular flexibility index (Phi) is 6.08. The van der Waals surface area contributed by atoms with Gasteiger partial charge in [0, 0.05) is 12.1 Å². The van der Waals surface area contributed by atoms with Crippen LogP contribution in [0.2, 0.25) is 5.02 Å². The molecule has 0 aliphatic heterocycles. The van der Waals surface area contributed by atoms with Gasteiger partial charge in [-0.05, 0) is 18.6 Å². The van der Waals surface area contributed by atoms with Crippen LogP contribution in [0.4, 0.5) is 0 Å². The average Bonchev–Trinajstić information content (AvgIpc) is 2.33. The molecule has 118 valence electrons. The third-order valence-corrected chi connectivity index (χ3v) is 5.44. The number of sulfonamides is 2.